The number of benzene rings is 1. The second kappa shape index (κ2) is 4.68. The fraction of sp³-hybridized carbons (Fsp3) is 0.429. The van der Waals surface area contributed by atoms with Gasteiger partial charge >= 0.3 is 0 Å². The molecule has 1 saturated carbocycles. The fourth-order valence-corrected chi connectivity index (χ4v) is 9.43. The molecule has 112 valence electrons. The van der Waals surface area contributed by atoms with Gasteiger partial charge in [-0.25, -0.2) is 0 Å². The molecule has 22 heavy (non-hydrogen) atoms. The maximum absolute atomic E-state index is 2.56. The molecule has 0 bridgehead atoms. The Morgan fingerprint density at radius 3 is 2.55 bits per heavy atom. The van der Waals surface area contributed by atoms with E-state index >= 15 is 0 Å². The molecule has 1 saturated heterocycles. The summed E-state index contributed by atoms with van der Waals surface area (Å²) in [6.07, 6.45) is 17.7. The summed E-state index contributed by atoms with van der Waals surface area (Å²) in [6, 6.07) is 9.17. The fourth-order valence-electron chi connectivity index (χ4n) is 5.52. The molecule has 4 unspecified atom stereocenters. The van der Waals surface area contributed by atoms with Gasteiger partial charge in [-0.05, 0) is 47.3 Å². The van der Waals surface area contributed by atoms with Crippen LogP contribution >= 0.6 is 7.92 Å². The minimum absolute atomic E-state index is 0.0864. The lowest BCUT2D eigenvalue weighted by molar-refractivity contribution is 0.487. The maximum atomic E-state index is 2.56. The van der Waals surface area contributed by atoms with Gasteiger partial charge in [0.2, 0.25) is 0 Å². The van der Waals surface area contributed by atoms with Gasteiger partial charge in [0.25, 0.3) is 0 Å². The smallest absolute Gasteiger partial charge is 0.0199 e. The van der Waals surface area contributed by atoms with E-state index in [1.165, 1.54) is 31.0 Å². The Bertz CT molecular complexity index is 688. The molecule has 1 aliphatic heterocycles. The van der Waals surface area contributed by atoms with E-state index in [2.05, 4.69) is 61.6 Å². The van der Waals surface area contributed by atoms with Gasteiger partial charge in [-0.2, -0.15) is 0 Å². The van der Waals surface area contributed by atoms with Crippen LogP contribution in [0.1, 0.15) is 43.2 Å². The van der Waals surface area contributed by atoms with Gasteiger partial charge < -0.3 is 0 Å². The highest BCUT2D eigenvalue weighted by molar-refractivity contribution is 7.66. The second-order valence-electron chi connectivity index (χ2n) is 7.39. The first kappa shape index (κ1) is 13.3. The van der Waals surface area contributed by atoms with Crippen LogP contribution in [0.2, 0.25) is 0 Å². The van der Waals surface area contributed by atoms with E-state index in [-0.39, 0.29) is 7.92 Å². The molecular formula is C21H23P. The Balaban J connectivity index is 1.58. The van der Waals surface area contributed by atoms with E-state index in [1.54, 1.807) is 5.56 Å². The minimum atomic E-state index is 0.0864. The van der Waals surface area contributed by atoms with E-state index < -0.39 is 0 Å². The van der Waals surface area contributed by atoms with E-state index in [0.29, 0.717) is 5.16 Å². The molecule has 0 N–H and O–H groups in total. The molecule has 0 amide bonds. The van der Waals surface area contributed by atoms with Crippen molar-refractivity contribution in [2.75, 3.05) is 6.16 Å². The molecule has 1 aromatic carbocycles. The first-order valence-corrected chi connectivity index (χ1v) is 10.3. The molecule has 0 aromatic heterocycles. The largest absolute Gasteiger partial charge is 0.0808 e. The molecular weight excluding hydrogens is 283 g/mol. The zero-order valence-corrected chi connectivity index (χ0v) is 14.1. The first-order valence-electron chi connectivity index (χ1n) is 8.76. The van der Waals surface area contributed by atoms with Crippen LogP contribution < -0.4 is 0 Å². The monoisotopic (exact) mass is 306 g/mol. The quantitative estimate of drug-likeness (QED) is 0.595. The predicted octanol–water partition coefficient (Wildman–Crippen LogP) is 5.92. The van der Waals surface area contributed by atoms with Gasteiger partial charge in [-0.15, -0.1) is 0 Å². The van der Waals surface area contributed by atoms with E-state index in [1.807, 2.05) is 5.31 Å². The average molecular weight is 306 g/mol. The van der Waals surface area contributed by atoms with E-state index in [4.69, 9.17) is 0 Å². The number of fused-ring (bicyclic) bond motifs is 5. The average Bonchev–Trinajstić information content (AvgIpc) is 3.10. The van der Waals surface area contributed by atoms with Crippen molar-refractivity contribution in [1.82, 2.24) is 0 Å². The zero-order valence-electron chi connectivity index (χ0n) is 13.2. The molecule has 2 fully saturated rings. The molecule has 1 heterocycles. The van der Waals surface area contributed by atoms with Crippen LogP contribution in [0.4, 0.5) is 0 Å². The van der Waals surface area contributed by atoms with Crippen molar-refractivity contribution >= 4 is 14.0 Å². The summed E-state index contributed by atoms with van der Waals surface area (Å²) in [6.45, 7) is 2.37. The maximum Gasteiger partial charge on any atom is 0.0199 e. The van der Waals surface area contributed by atoms with Crippen LogP contribution in [-0.2, 0) is 0 Å². The zero-order chi connectivity index (χ0) is 14.7. The molecule has 1 heteroatoms. The SMILES string of the molecule is CCCP1C2=Cc3ccccc3C2C12CC1C=CC=CC1C2. The van der Waals surface area contributed by atoms with Crippen molar-refractivity contribution in [3.8, 4) is 0 Å². The highest BCUT2D eigenvalue weighted by atomic mass is 31.1. The summed E-state index contributed by atoms with van der Waals surface area (Å²) < 4.78 is 0. The Morgan fingerprint density at radius 2 is 1.82 bits per heavy atom. The number of allylic oxidation sites excluding steroid dienone is 5. The van der Waals surface area contributed by atoms with Gasteiger partial charge in [0.1, 0.15) is 0 Å². The van der Waals surface area contributed by atoms with Crippen LogP contribution in [0.25, 0.3) is 6.08 Å². The van der Waals surface area contributed by atoms with Crippen molar-refractivity contribution in [2.24, 2.45) is 11.8 Å². The molecule has 4 atom stereocenters. The summed E-state index contributed by atoms with van der Waals surface area (Å²) in [4.78, 5) is 0. The second-order valence-corrected chi connectivity index (χ2v) is 10.1. The molecule has 0 nitrogen and oxygen atoms in total. The lowest BCUT2D eigenvalue weighted by Crippen LogP contribution is -2.42. The van der Waals surface area contributed by atoms with Crippen molar-refractivity contribution in [1.29, 1.82) is 0 Å². The van der Waals surface area contributed by atoms with Crippen LogP contribution in [0.15, 0.2) is 53.9 Å². The lowest BCUT2D eigenvalue weighted by Gasteiger charge is -2.56. The highest BCUT2D eigenvalue weighted by Crippen LogP contribution is 2.84. The third kappa shape index (κ3) is 1.57. The van der Waals surface area contributed by atoms with Crippen molar-refractivity contribution in [3.05, 3.63) is 65.0 Å². The van der Waals surface area contributed by atoms with Gasteiger partial charge in [-0.3, -0.25) is 0 Å². The summed E-state index contributed by atoms with van der Waals surface area (Å²) in [7, 11) is 0.0864. The highest BCUT2D eigenvalue weighted by Gasteiger charge is 2.63. The topological polar surface area (TPSA) is 0 Å². The Labute approximate surface area is 134 Å². The minimum Gasteiger partial charge on any atom is -0.0808 e. The van der Waals surface area contributed by atoms with Crippen molar-refractivity contribution in [3.63, 3.8) is 0 Å². The van der Waals surface area contributed by atoms with Crippen molar-refractivity contribution in [2.45, 2.75) is 37.3 Å². The summed E-state index contributed by atoms with van der Waals surface area (Å²) in [5.41, 5.74) is 3.16. The molecule has 5 rings (SSSR count). The normalized spacial score (nSPS) is 40.1. The summed E-state index contributed by atoms with van der Waals surface area (Å²) in [5.74, 6) is 2.37. The van der Waals surface area contributed by atoms with Gasteiger partial charge in [-0.1, -0.05) is 75.9 Å². The van der Waals surface area contributed by atoms with Crippen LogP contribution in [-0.4, -0.2) is 11.3 Å². The van der Waals surface area contributed by atoms with Gasteiger partial charge in [0, 0.05) is 11.1 Å². The Kier molecular flexibility index (Phi) is 2.84. The Morgan fingerprint density at radius 1 is 1.09 bits per heavy atom. The molecule has 1 aromatic rings. The Hall–Kier alpha value is -1.13. The molecule has 4 aliphatic rings. The number of hydrogen-bond acceptors (Lipinski definition) is 0. The third-order valence-electron chi connectivity index (χ3n) is 6.30. The predicted molar refractivity (Wildman–Crippen MR) is 96.5 cm³/mol. The van der Waals surface area contributed by atoms with E-state index in [0.717, 1.165) is 17.8 Å². The standard InChI is InChI=1S/C21H23P/c1-2-11-22-19-12-15-7-5-6-10-18(15)20(19)21(22)13-16-8-3-4-9-17(16)14-21/h3-10,12,16-17,20H,2,11,13-14H2,1H3. The summed E-state index contributed by atoms with van der Waals surface area (Å²) in [5, 5.41) is 2.43. The number of rotatable bonds is 2. The number of hydrogen-bond donors (Lipinski definition) is 0. The molecule has 3 aliphatic carbocycles. The van der Waals surface area contributed by atoms with Crippen LogP contribution in [0, 0.1) is 11.8 Å². The summed E-state index contributed by atoms with van der Waals surface area (Å²) >= 11 is 0. The third-order valence-corrected chi connectivity index (χ3v) is 9.90. The van der Waals surface area contributed by atoms with Crippen molar-refractivity contribution < 1.29 is 0 Å². The molecule has 0 radical (unpaired) electrons. The van der Waals surface area contributed by atoms with Gasteiger partial charge in [0.05, 0.1) is 0 Å². The van der Waals surface area contributed by atoms with Crippen LogP contribution in [0.3, 0.4) is 0 Å². The van der Waals surface area contributed by atoms with Gasteiger partial charge in [0.15, 0.2) is 0 Å². The van der Waals surface area contributed by atoms with E-state index in [9.17, 15) is 0 Å². The first-order chi connectivity index (χ1) is 10.8. The lowest BCUT2D eigenvalue weighted by atomic mass is 9.83. The van der Waals surface area contributed by atoms with Crippen LogP contribution in [0.5, 0.6) is 0 Å². The molecule has 1 spiro atoms.